The first-order valence-corrected chi connectivity index (χ1v) is 9.14. The van der Waals surface area contributed by atoms with Crippen LogP contribution in [-0.2, 0) is 20.0 Å². The number of hydrogen-bond donors (Lipinski definition) is 2. The summed E-state index contributed by atoms with van der Waals surface area (Å²) in [7, 11) is 1.96. The Bertz CT molecular complexity index is 758. The van der Waals surface area contributed by atoms with Gasteiger partial charge in [0.15, 0.2) is 11.8 Å². The highest BCUT2D eigenvalue weighted by Gasteiger charge is 2.42. The van der Waals surface area contributed by atoms with Gasteiger partial charge in [-0.3, -0.25) is 0 Å². The van der Waals surface area contributed by atoms with Crippen molar-refractivity contribution in [2.75, 3.05) is 13.1 Å². The standard InChI is InChI=1S/C20H28N6/c1-4-12-21-19(22-14-18-25-24-16(2)26(18)3)23-15-20(10-11-20)13-17-8-6-5-7-9-17/h4-9H,1,10-15H2,2-3H3,(H2,21,22,23). The lowest BCUT2D eigenvalue weighted by molar-refractivity contribution is 0.492. The summed E-state index contributed by atoms with van der Waals surface area (Å²) in [5.74, 6) is 2.54. The lowest BCUT2D eigenvalue weighted by Crippen LogP contribution is -2.41. The third-order valence-corrected chi connectivity index (χ3v) is 4.99. The summed E-state index contributed by atoms with van der Waals surface area (Å²) in [4.78, 5) is 4.67. The Morgan fingerprint density at radius 3 is 2.65 bits per heavy atom. The van der Waals surface area contributed by atoms with Crippen LogP contribution in [0.1, 0.15) is 30.1 Å². The summed E-state index contributed by atoms with van der Waals surface area (Å²) in [6.07, 6.45) is 5.46. The normalized spacial score (nSPS) is 15.5. The van der Waals surface area contributed by atoms with Gasteiger partial charge in [0, 0.05) is 20.1 Å². The van der Waals surface area contributed by atoms with Crippen LogP contribution in [0.3, 0.4) is 0 Å². The Hall–Kier alpha value is -2.63. The smallest absolute Gasteiger partial charge is 0.191 e. The third-order valence-electron chi connectivity index (χ3n) is 4.99. The lowest BCUT2D eigenvalue weighted by Gasteiger charge is -2.18. The third kappa shape index (κ3) is 4.71. The fourth-order valence-corrected chi connectivity index (χ4v) is 2.97. The molecule has 2 aromatic rings. The van der Waals surface area contributed by atoms with E-state index in [9.17, 15) is 0 Å². The Morgan fingerprint density at radius 2 is 2.04 bits per heavy atom. The Morgan fingerprint density at radius 1 is 1.27 bits per heavy atom. The van der Waals surface area contributed by atoms with Crippen molar-refractivity contribution < 1.29 is 0 Å². The van der Waals surface area contributed by atoms with Crippen molar-refractivity contribution in [1.82, 2.24) is 25.4 Å². The van der Waals surface area contributed by atoms with E-state index < -0.39 is 0 Å². The predicted molar refractivity (Wildman–Crippen MR) is 105 cm³/mol. The molecule has 1 aliphatic carbocycles. The topological polar surface area (TPSA) is 67.1 Å². The molecule has 0 atom stereocenters. The van der Waals surface area contributed by atoms with Crippen LogP contribution in [0.2, 0.25) is 0 Å². The average Bonchev–Trinajstić information content (AvgIpc) is 3.35. The molecule has 1 aliphatic rings. The van der Waals surface area contributed by atoms with Crippen LogP contribution in [0, 0.1) is 12.3 Å². The van der Waals surface area contributed by atoms with E-state index in [0.29, 0.717) is 18.5 Å². The number of hydrogen-bond acceptors (Lipinski definition) is 3. The highest BCUT2D eigenvalue weighted by molar-refractivity contribution is 5.80. The number of aromatic nitrogens is 3. The van der Waals surface area contributed by atoms with Crippen molar-refractivity contribution in [2.24, 2.45) is 17.5 Å². The first-order valence-electron chi connectivity index (χ1n) is 9.14. The van der Waals surface area contributed by atoms with Gasteiger partial charge in [-0.1, -0.05) is 36.4 Å². The summed E-state index contributed by atoms with van der Waals surface area (Å²) in [6, 6.07) is 10.7. The number of rotatable bonds is 8. The number of guanidine groups is 1. The maximum absolute atomic E-state index is 4.67. The molecule has 0 saturated heterocycles. The maximum atomic E-state index is 4.67. The van der Waals surface area contributed by atoms with Gasteiger partial charge in [0.1, 0.15) is 12.4 Å². The van der Waals surface area contributed by atoms with Gasteiger partial charge in [-0.25, -0.2) is 4.99 Å². The van der Waals surface area contributed by atoms with Crippen LogP contribution in [0.15, 0.2) is 48.0 Å². The van der Waals surface area contributed by atoms with E-state index in [1.807, 2.05) is 24.6 Å². The molecule has 1 aromatic carbocycles. The van der Waals surface area contributed by atoms with Crippen molar-refractivity contribution in [3.63, 3.8) is 0 Å². The molecule has 0 spiro atoms. The van der Waals surface area contributed by atoms with Crippen LogP contribution in [-0.4, -0.2) is 33.8 Å². The highest BCUT2D eigenvalue weighted by atomic mass is 15.3. The number of nitrogens with one attached hydrogen (secondary N) is 2. The van der Waals surface area contributed by atoms with Gasteiger partial charge in [-0.2, -0.15) is 0 Å². The largest absolute Gasteiger partial charge is 0.356 e. The zero-order valence-electron chi connectivity index (χ0n) is 15.7. The average molecular weight is 352 g/mol. The van der Waals surface area contributed by atoms with Gasteiger partial charge in [0.25, 0.3) is 0 Å². The second kappa shape index (κ2) is 8.17. The molecule has 0 radical (unpaired) electrons. The van der Waals surface area contributed by atoms with Crippen LogP contribution < -0.4 is 10.6 Å². The van der Waals surface area contributed by atoms with Crippen LogP contribution in [0.5, 0.6) is 0 Å². The molecule has 6 heteroatoms. The predicted octanol–water partition coefficient (Wildman–Crippen LogP) is 2.37. The molecule has 0 bridgehead atoms. The minimum atomic E-state index is 0.347. The molecule has 2 N–H and O–H groups in total. The summed E-state index contributed by atoms with van der Waals surface area (Å²) in [6.45, 7) is 7.80. The Balaban J connectivity index is 1.60. The van der Waals surface area contributed by atoms with E-state index >= 15 is 0 Å². The van der Waals surface area contributed by atoms with E-state index in [-0.39, 0.29) is 0 Å². The molecule has 0 unspecified atom stereocenters. The first kappa shape index (κ1) is 18.2. The molecule has 138 valence electrons. The summed E-state index contributed by atoms with van der Waals surface area (Å²) >= 11 is 0. The zero-order valence-corrected chi connectivity index (χ0v) is 15.7. The highest BCUT2D eigenvalue weighted by Crippen LogP contribution is 2.47. The summed E-state index contributed by atoms with van der Waals surface area (Å²) < 4.78 is 1.96. The van der Waals surface area contributed by atoms with Gasteiger partial charge in [0.05, 0.1) is 0 Å². The van der Waals surface area contributed by atoms with Gasteiger partial charge < -0.3 is 15.2 Å². The fraction of sp³-hybridized carbons (Fsp3) is 0.450. The van der Waals surface area contributed by atoms with Gasteiger partial charge in [0.2, 0.25) is 0 Å². The van der Waals surface area contributed by atoms with Gasteiger partial charge >= 0.3 is 0 Å². The minimum Gasteiger partial charge on any atom is -0.356 e. The summed E-state index contributed by atoms with van der Waals surface area (Å²) in [5, 5.41) is 15.1. The molecule has 0 aliphatic heterocycles. The van der Waals surface area contributed by atoms with Crippen LogP contribution in [0.4, 0.5) is 0 Å². The molecule has 6 nitrogen and oxygen atoms in total. The molecule has 3 rings (SSSR count). The molecular formula is C20H28N6. The zero-order chi connectivity index (χ0) is 18.4. The first-order chi connectivity index (χ1) is 12.6. The van der Waals surface area contributed by atoms with Crippen LogP contribution >= 0.6 is 0 Å². The quantitative estimate of drug-likeness (QED) is 0.435. The SMILES string of the molecule is C=CCNC(=NCc1nnc(C)n1C)NCC1(Cc2ccccc2)CC1. The van der Waals surface area contributed by atoms with E-state index in [1.165, 1.54) is 18.4 Å². The number of aryl methyl sites for hydroxylation is 1. The van der Waals surface area contributed by atoms with Crippen molar-refractivity contribution >= 4 is 5.96 Å². The molecule has 1 aromatic heterocycles. The van der Waals surface area contributed by atoms with Crippen molar-refractivity contribution in [1.29, 1.82) is 0 Å². The number of benzene rings is 1. The van der Waals surface area contributed by atoms with E-state index in [0.717, 1.165) is 30.6 Å². The van der Waals surface area contributed by atoms with E-state index in [2.05, 4.69) is 62.7 Å². The van der Waals surface area contributed by atoms with Gasteiger partial charge in [-0.05, 0) is 37.2 Å². The summed E-state index contributed by atoms with van der Waals surface area (Å²) in [5.41, 5.74) is 1.75. The minimum absolute atomic E-state index is 0.347. The number of nitrogens with zero attached hydrogens (tertiary/aromatic N) is 4. The van der Waals surface area contributed by atoms with E-state index in [4.69, 9.17) is 0 Å². The Kier molecular flexibility index (Phi) is 5.71. The monoisotopic (exact) mass is 352 g/mol. The van der Waals surface area contributed by atoms with Crippen molar-refractivity contribution in [3.05, 3.63) is 60.2 Å². The molecule has 1 heterocycles. The molecular weight excluding hydrogens is 324 g/mol. The van der Waals surface area contributed by atoms with E-state index in [1.54, 1.807) is 0 Å². The van der Waals surface area contributed by atoms with Crippen molar-refractivity contribution in [2.45, 2.75) is 32.7 Å². The lowest BCUT2D eigenvalue weighted by atomic mass is 9.96. The second-order valence-electron chi connectivity index (χ2n) is 7.07. The fourth-order valence-electron chi connectivity index (χ4n) is 2.97. The van der Waals surface area contributed by atoms with Crippen molar-refractivity contribution in [3.8, 4) is 0 Å². The second-order valence-corrected chi connectivity index (χ2v) is 7.07. The molecule has 1 fully saturated rings. The maximum Gasteiger partial charge on any atom is 0.191 e. The molecule has 1 saturated carbocycles. The van der Waals surface area contributed by atoms with Crippen LogP contribution in [0.25, 0.3) is 0 Å². The molecule has 0 amide bonds. The Labute approximate surface area is 155 Å². The van der Waals surface area contributed by atoms with Gasteiger partial charge in [-0.15, -0.1) is 16.8 Å². The molecule has 26 heavy (non-hydrogen) atoms. The number of aliphatic imine (C=N–C) groups is 1.